The molecule has 4 N–H and O–H groups in total. The Bertz CT molecular complexity index is 712. The average Bonchev–Trinajstić information content (AvgIpc) is 2.43. The van der Waals surface area contributed by atoms with Crippen LogP contribution in [0.1, 0.15) is 41.4 Å². The Kier molecular flexibility index (Phi) is 3.52. The number of carboxylic acid groups (broad SMARTS) is 4. The molecule has 0 atom stereocenters. The van der Waals surface area contributed by atoms with Gasteiger partial charge >= 0.3 is 23.9 Å². The molecule has 8 heteroatoms. The Morgan fingerprint density at radius 2 is 0.682 bits per heavy atom. The molecule has 0 unspecified atom stereocenters. The summed E-state index contributed by atoms with van der Waals surface area (Å²) in [5.74, 6) is -5.95. The van der Waals surface area contributed by atoms with Crippen LogP contribution in [0, 0.1) is 0 Å². The van der Waals surface area contributed by atoms with E-state index < -0.39 is 46.1 Å². The predicted molar refractivity (Wildman–Crippen MR) is 71.8 cm³/mol. The minimum Gasteiger partial charge on any atom is -0.478 e. The van der Waals surface area contributed by atoms with Gasteiger partial charge in [-0.1, -0.05) is 0 Å². The summed E-state index contributed by atoms with van der Waals surface area (Å²) in [7, 11) is 0. The van der Waals surface area contributed by atoms with Gasteiger partial charge in [-0.15, -0.1) is 0 Å². The van der Waals surface area contributed by atoms with Crippen molar-refractivity contribution in [1.82, 2.24) is 0 Å². The van der Waals surface area contributed by atoms with E-state index >= 15 is 0 Å². The third-order valence-electron chi connectivity index (χ3n) is 3.03. The standard InChI is InChI=1S/C14H8O8/c15-11(16)7-1-5-2-9(13(19)20)10(14(21)22)4-6(5)3-8(7)12(17)18/h1-4H,(H,15,16)(H,17,18)(H,19,20)(H,21,22). The van der Waals surface area contributed by atoms with Crippen LogP contribution in [0.25, 0.3) is 10.8 Å². The number of rotatable bonds is 4. The van der Waals surface area contributed by atoms with Crippen molar-refractivity contribution < 1.29 is 39.6 Å². The second-order valence-corrected chi connectivity index (χ2v) is 4.36. The van der Waals surface area contributed by atoms with Crippen molar-refractivity contribution >= 4 is 34.6 Å². The SMILES string of the molecule is O=C(O)c1cc2cc(C(=O)O)c(C(=O)O)cc2cc1C(=O)O. The Hall–Kier alpha value is -3.42. The predicted octanol–water partition coefficient (Wildman–Crippen LogP) is 1.63. The number of aromatic carboxylic acids is 4. The zero-order valence-corrected chi connectivity index (χ0v) is 10.7. The minimum atomic E-state index is -1.49. The normalized spacial score (nSPS) is 10.4. The quantitative estimate of drug-likeness (QED) is 0.665. The molecule has 0 amide bonds. The third kappa shape index (κ3) is 2.44. The van der Waals surface area contributed by atoms with Crippen molar-refractivity contribution in [3.05, 3.63) is 46.5 Å². The summed E-state index contributed by atoms with van der Waals surface area (Å²) < 4.78 is 0. The summed E-state index contributed by atoms with van der Waals surface area (Å²) in [4.78, 5) is 44.4. The molecule has 0 saturated heterocycles. The van der Waals surface area contributed by atoms with E-state index in [0.29, 0.717) is 0 Å². The molecule has 0 heterocycles. The lowest BCUT2D eigenvalue weighted by Crippen LogP contribution is -2.10. The highest BCUT2D eigenvalue weighted by atomic mass is 16.4. The summed E-state index contributed by atoms with van der Waals surface area (Å²) >= 11 is 0. The second-order valence-electron chi connectivity index (χ2n) is 4.36. The van der Waals surface area contributed by atoms with Crippen molar-refractivity contribution in [2.24, 2.45) is 0 Å². The first-order valence-electron chi connectivity index (χ1n) is 5.77. The van der Waals surface area contributed by atoms with Crippen LogP contribution in [0.4, 0.5) is 0 Å². The van der Waals surface area contributed by atoms with E-state index in [-0.39, 0.29) is 10.8 Å². The van der Waals surface area contributed by atoms with Crippen LogP contribution in [-0.2, 0) is 0 Å². The summed E-state index contributed by atoms with van der Waals surface area (Å²) in [6.45, 7) is 0. The first kappa shape index (κ1) is 15.0. The lowest BCUT2D eigenvalue weighted by Gasteiger charge is -2.08. The van der Waals surface area contributed by atoms with E-state index in [9.17, 15) is 19.2 Å². The number of fused-ring (bicyclic) bond motifs is 1. The molecule has 0 spiro atoms. The Labute approximate surface area is 121 Å². The molecule has 2 aromatic carbocycles. The van der Waals surface area contributed by atoms with Gasteiger partial charge in [0.25, 0.3) is 0 Å². The van der Waals surface area contributed by atoms with Crippen molar-refractivity contribution in [3.8, 4) is 0 Å². The van der Waals surface area contributed by atoms with E-state index in [0.717, 1.165) is 24.3 Å². The molecule has 0 aliphatic heterocycles. The monoisotopic (exact) mass is 304 g/mol. The summed E-state index contributed by atoms with van der Waals surface area (Å²) in [5.41, 5.74) is -2.06. The highest BCUT2D eigenvalue weighted by Crippen LogP contribution is 2.25. The molecule has 2 rings (SSSR count). The number of hydrogen-bond acceptors (Lipinski definition) is 4. The van der Waals surface area contributed by atoms with Crippen LogP contribution in [-0.4, -0.2) is 44.3 Å². The molecule has 112 valence electrons. The molecular weight excluding hydrogens is 296 g/mol. The van der Waals surface area contributed by atoms with Gasteiger partial charge in [0, 0.05) is 0 Å². The molecule has 8 nitrogen and oxygen atoms in total. The second kappa shape index (κ2) is 5.17. The van der Waals surface area contributed by atoms with Gasteiger partial charge in [-0.3, -0.25) is 0 Å². The third-order valence-corrected chi connectivity index (χ3v) is 3.03. The van der Waals surface area contributed by atoms with Crippen molar-refractivity contribution in [2.45, 2.75) is 0 Å². The zero-order valence-electron chi connectivity index (χ0n) is 10.7. The molecule has 0 bridgehead atoms. The molecule has 0 aromatic heterocycles. The number of carboxylic acids is 4. The van der Waals surface area contributed by atoms with Gasteiger partial charge in [0.2, 0.25) is 0 Å². The van der Waals surface area contributed by atoms with Gasteiger partial charge in [-0.25, -0.2) is 19.2 Å². The van der Waals surface area contributed by atoms with Crippen LogP contribution in [0.5, 0.6) is 0 Å². The number of benzene rings is 2. The zero-order chi connectivity index (χ0) is 16.6. The molecule has 2 aromatic rings. The number of hydrogen-bond donors (Lipinski definition) is 4. The summed E-state index contributed by atoms with van der Waals surface area (Å²) in [5, 5.41) is 36.3. The lowest BCUT2D eigenvalue weighted by atomic mass is 9.96. The first-order chi connectivity index (χ1) is 10.2. The van der Waals surface area contributed by atoms with Gasteiger partial charge in [0.1, 0.15) is 0 Å². The van der Waals surface area contributed by atoms with Gasteiger partial charge < -0.3 is 20.4 Å². The lowest BCUT2D eigenvalue weighted by molar-refractivity contribution is 0.0651. The van der Waals surface area contributed by atoms with Gasteiger partial charge in [-0.2, -0.15) is 0 Å². The highest BCUT2D eigenvalue weighted by Gasteiger charge is 2.21. The fourth-order valence-corrected chi connectivity index (χ4v) is 2.06. The van der Waals surface area contributed by atoms with Crippen LogP contribution in [0.2, 0.25) is 0 Å². The Morgan fingerprint density at radius 3 is 0.818 bits per heavy atom. The fourth-order valence-electron chi connectivity index (χ4n) is 2.06. The maximum absolute atomic E-state index is 11.1. The molecule has 0 aliphatic carbocycles. The summed E-state index contributed by atoms with van der Waals surface area (Å²) in [6.07, 6.45) is 0. The van der Waals surface area contributed by atoms with Crippen molar-refractivity contribution in [1.29, 1.82) is 0 Å². The molecule has 0 aliphatic rings. The maximum Gasteiger partial charge on any atom is 0.336 e. The average molecular weight is 304 g/mol. The topological polar surface area (TPSA) is 149 Å². The minimum absolute atomic E-state index is 0.116. The largest absolute Gasteiger partial charge is 0.478 e. The summed E-state index contributed by atoms with van der Waals surface area (Å²) in [6, 6.07) is 4.00. The van der Waals surface area contributed by atoms with Crippen LogP contribution in [0.15, 0.2) is 24.3 Å². The maximum atomic E-state index is 11.1. The molecule has 0 fully saturated rings. The Morgan fingerprint density at radius 1 is 0.500 bits per heavy atom. The Balaban J connectivity index is 2.90. The molecule has 0 saturated carbocycles. The van der Waals surface area contributed by atoms with Gasteiger partial charge in [0.05, 0.1) is 22.3 Å². The number of carbonyl (C=O) groups is 4. The van der Waals surface area contributed by atoms with E-state index in [4.69, 9.17) is 20.4 Å². The molecular formula is C14H8O8. The van der Waals surface area contributed by atoms with E-state index in [1.807, 2.05) is 0 Å². The van der Waals surface area contributed by atoms with Crippen molar-refractivity contribution in [3.63, 3.8) is 0 Å². The first-order valence-corrected chi connectivity index (χ1v) is 5.77. The van der Waals surface area contributed by atoms with Crippen LogP contribution >= 0.6 is 0 Å². The van der Waals surface area contributed by atoms with Gasteiger partial charge in [0.15, 0.2) is 0 Å². The molecule has 0 radical (unpaired) electrons. The molecule has 22 heavy (non-hydrogen) atoms. The highest BCUT2D eigenvalue weighted by molar-refractivity contribution is 6.10. The van der Waals surface area contributed by atoms with E-state index in [1.165, 1.54) is 0 Å². The smallest absolute Gasteiger partial charge is 0.336 e. The fraction of sp³-hybridized carbons (Fsp3) is 0. The van der Waals surface area contributed by atoms with E-state index in [1.54, 1.807) is 0 Å². The van der Waals surface area contributed by atoms with Gasteiger partial charge in [-0.05, 0) is 35.0 Å². The van der Waals surface area contributed by atoms with Crippen LogP contribution in [0.3, 0.4) is 0 Å². The van der Waals surface area contributed by atoms with Crippen molar-refractivity contribution in [2.75, 3.05) is 0 Å². The van der Waals surface area contributed by atoms with Crippen LogP contribution < -0.4 is 0 Å². The van der Waals surface area contributed by atoms with E-state index in [2.05, 4.69) is 0 Å².